The molecule has 0 bridgehead atoms. The van der Waals surface area contributed by atoms with Gasteiger partial charge in [-0.1, -0.05) is 30.0 Å². The molecule has 3 aromatic carbocycles. The summed E-state index contributed by atoms with van der Waals surface area (Å²) in [6.45, 7) is 0. The third-order valence-corrected chi connectivity index (χ3v) is 5.66. The molecule has 0 N–H and O–H groups in total. The van der Waals surface area contributed by atoms with Gasteiger partial charge >= 0.3 is 0 Å². The van der Waals surface area contributed by atoms with Gasteiger partial charge < -0.3 is 9.47 Å². The van der Waals surface area contributed by atoms with Crippen molar-refractivity contribution in [2.24, 2.45) is 0 Å². The number of hydrogen-bond donors (Lipinski definition) is 0. The SMILES string of the molecule is COc1ccc(-n2c(SCc3ccc(F)c(F)c3)nnc2-c2ccccc2OC)cc1. The molecule has 0 aliphatic heterocycles. The molecule has 0 spiro atoms. The average molecular weight is 439 g/mol. The number of ether oxygens (including phenoxy) is 2. The first-order chi connectivity index (χ1) is 15.1. The minimum absolute atomic E-state index is 0.400. The monoisotopic (exact) mass is 439 g/mol. The molecule has 5 nitrogen and oxygen atoms in total. The first-order valence-corrected chi connectivity index (χ1v) is 10.4. The second kappa shape index (κ2) is 9.18. The zero-order chi connectivity index (χ0) is 21.8. The Balaban J connectivity index is 1.75. The molecule has 1 heterocycles. The lowest BCUT2D eigenvalue weighted by molar-refractivity contribution is 0.414. The van der Waals surface area contributed by atoms with E-state index in [-0.39, 0.29) is 0 Å². The van der Waals surface area contributed by atoms with Crippen molar-refractivity contribution < 1.29 is 18.3 Å². The van der Waals surface area contributed by atoms with Crippen LogP contribution in [0.4, 0.5) is 8.78 Å². The van der Waals surface area contributed by atoms with Crippen LogP contribution in [0.2, 0.25) is 0 Å². The van der Waals surface area contributed by atoms with E-state index in [2.05, 4.69) is 10.2 Å². The fourth-order valence-corrected chi connectivity index (χ4v) is 4.00. The van der Waals surface area contributed by atoms with E-state index in [0.29, 0.717) is 28.0 Å². The highest BCUT2D eigenvalue weighted by molar-refractivity contribution is 7.98. The molecular formula is C23H19F2N3O2S. The molecular weight excluding hydrogens is 420 g/mol. The number of para-hydroxylation sites is 1. The first-order valence-electron chi connectivity index (χ1n) is 9.40. The van der Waals surface area contributed by atoms with Gasteiger partial charge in [0, 0.05) is 5.75 Å². The Hall–Kier alpha value is -3.39. The molecule has 158 valence electrons. The Morgan fingerprint density at radius 1 is 0.871 bits per heavy atom. The van der Waals surface area contributed by atoms with Crippen LogP contribution in [-0.4, -0.2) is 29.0 Å². The highest BCUT2D eigenvalue weighted by Crippen LogP contribution is 2.34. The molecule has 0 aliphatic rings. The van der Waals surface area contributed by atoms with E-state index >= 15 is 0 Å². The molecule has 0 aliphatic carbocycles. The number of nitrogens with zero attached hydrogens (tertiary/aromatic N) is 3. The lowest BCUT2D eigenvalue weighted by Crippen LogP contribution is -2.01. The fraction of sp³-hybridized carbons (Fsp3) is 0.130. The van der Waals surface area contributed by atoms with Crippen molar-refractivity contribution in [3.8, 4) is 28.6 Å². The Morgan fingerprint density at radius 3 is 2.35 bits per heavy atom. The van der Waals surface area contributed by atoms with Crippen molar-refractivity contribution in [1.82, 2.24) is 14.8 Å². The van der Waals surface area contributed by atoms with E-state index in [1.165, 1.54) is 17.8 Å². The zero-order valence-corrected chi connectivity index (χ0v) is 17.7. The summed E-state index contributed by atoms with van der Waals surface area (Å²) in [6.07, 6.45) is 0. The smallest absolute Gasteiger partial charge is 0.196 e. The summed E-state index contributed by atoms with van der Waals surface area (Å²) in [5.41, 5.74) is 2.26. The van der Waals surface area contributed by atoms with Gasteiger partial charge in [-0.3, -0.25) is 4.57 Å². The number of rotatable bonds is 7. The summed E-state index contributed by atoms with van der Waals surface area (Å²) in [6, 6.07) is 18.9. The van der Waals surface area contributed by atoms with Gasteiger partial charge in [0.1, 0.15) is 11.5 Å². The third kappa shape index (κ3) is 4.39. The van der Waals surface area contributed by atoms with E-state index < -0.39 is 11.6 Å². The molecule has 0 saturated heterocycles. The van der Waals surface area contributed by atoms with Crippen molar-refractivity contribution in [1.29, 1.82) is 0 Å². The van der Waals surface area contributed by atoms with Gasteiger partial charge in [-0.25, -0.2) is 8.78 Å². The molecule has 0 radical (unpaired) electrons. The van der Waals surface area contributed by atoms with E-state index in [1.807, 2.05) is 53.1 Å². The lowest BCUT2D eigenvalue weighted by atomic mass is 10.2. The topological polar surface area (TPSA) is 49.2 Å². The van der Waals surface area contributed by atoms with Crippen LogP contribution in [0.5, 0.6) is 11.5 Å². The fourth-order valence-electron chi connectivity index (χ4n) is 3.11. The van der Waals surface area contributed by atoms with Gasteiger partial charge in [0.15, 0.2) is 22.6 Å². The van der Waals surface area contributed by atoms with Crippen LogP contribution in [0.1, 0.15) is 5.56 Å². The number of methoxy groups -OCH3 is 2. The lowest BCUT2D eigenvalue weighted by Gasteiger charge is -2.13. The molecule has 0 saturated carbocycles. The van der Waals surface area contributed by atoms with Crippen LogP contribution in [0.15, 0.2) is 71.9 Å². The van der Waals surface area contributed by atoms with Crippen molar-refractivity contribution in [3.63, 3.8) is 0 Å². The quantitative estimate of drug-likeness (QED) is 0.355. The second-order valence-electron chi connectivity index (χ2n) is 6.58. The molecule has 4 aromatic rings. The van der Waals surface area contributed by atoms with Crippen LogP contribution < -0.4 is 9.47 Å². The van der Waals surface area contributed by atoms with Crippen molar-refractivity contribution in [2.75, 3.05) is 14.2 Å². The Morgan fingerprint density at radius 2 is 1.65 bits per heavy atom. The molecule has 0 fully saturated rings. The number of halogens is 2. The number of aromatic nitrogens is 3. The number of thioether (sulfide) groups is 1. The van der Waals surface area contributed by atoms with Gasteiger partial charge in [-0.2, -0.15) is 0 Å². The average Bonchev–Trinajstić information content (AvgIpc) is 3.23. The van der Waals surface area contributed by atoms with Gasteiger partial charge in [0.2, 0.25) is 0 Å². The third-order valence-electron chi connectivity index (χ3n) is 4.66. The summed E-state index contributed by atoms with van der Waals surface area (Å²) in [7, 11) is 3.21. The van der Waals surface area contributed by atoms with Crippen LogP contribution >= 0.6 is 11.8 Å². The minimum atomic E-state index is -0.871. The predicted molar refractivity (Wildman–Crippen MR) is 116 cm³/mol. The number of benzene rings is 3. The van der Waals surface area contributed by atoms with Crippen LogP contribution in [0.3, 0.4) is 0 Å². The zero-order valence-electron chi connectivity index (χ0n) is 16.9. The Labute approximate surface area is 182 Å². The number of hydrogen-bond acceptors (Lipinski definition) is 5. The molecule has 0 atom stereocenters. The van der Waals surface area contributed by atoms with Crippen molar-refractivity contribution in [3.05, 3.63) is 83.9 Å². The van der Waals surface area contributed by atoms with Gasteiger partial charge in [-0.15, -0.1) is 10.2 Å². The van der Waals surface area contributed by atoms with Gasteiger partial charge in [0.25, 0.3) is 0 Å². The van der Waals surface area contributed by atoms with Crippen molar-refractivity contribution >= 4 is 11.8 Å². The maximum atomic E-state index is 13.6. The molecule has 4 rings (SSSR count). The molecule has 0 amide bonds. The maximum absolute atomic E-state index is 13.6. The first kappa shape index (κ1) is 20.9. The van der Waals surface area contributed by atoms with Crippen LogP contribution in [0, 0.1) is 11.6 Å². The largest absolute Gasteiger partial charge is 0.497 e. The van der Waals surface area contributed by atoms with Crippen LogP contribution in [-0.2, 0) is 5.75 Å². The van der Waals surface area contributed by atoms with E-state index in [9.17, 15) is 8.78 Å². The summed E-state index contributed by atoms with van der Waals surface area (Å²) < 4.78 is 39.5. The summed E-state index contributed by atoms with van der Waals surface area (Å²) in [4.78, 5) is 0. The second-order valence-corrected chi connectivity index (χ2v) is 7.52. The van der Waals surface area contributed by atoms with Gasteiger partial charge in [-0.05, 0) is 54.1 Å². The van der Waals surface area contributed by atoms with Crippen LogP contribution in [0.25, 0.3) is 17.1 Å². The summed E-state index contributed by atoms with van der Waals surface area (Å²) in [5.74, 6) is 0.666. The summed E-state index contributed by atoms with van der Waals surface area (Å²) >= 11 is 1.38. The predicted octanol–water partition coefficient (Wildman–Crippen LogP) is 5.52. The highest BCUT2D eigenvalue weighted by atomic mass is 32.2. The van der Waals surface area contributed by atoms with Crippen molar-refractivity contribution in [2.45, 2.75) is 10.9 Å². The maximum Gasteiger partial charge on any atom is 0.196 e. The molecule has 31 heavy (non-hydrogen) atoms. The molecule has 8 heteroatoms. The molecule has 0 unspecified atom stereocenters. The van der Waals surface area contributed by atoms with Gasteiger partial charge in [0.05, 0.1) is 25.5 Å². The standard InChI is InChI=1S/C23H19F2N3O2S/c1-29-17-10-8-16(9-11-17)28-22(18-5-3-4-6-21(18)30-2)26-27-23(28)31-14-15-7-12-19(24)20(25)13-15/h3-13H,14H2,1-2H3. The Kier molecular flexibility index (Phi) is 6.18. The Bertz CT molecular complexity index is 1200. The van der Waals surface area contributed by atoms with E-state index in [4.69, 9.17) is 9.47 Å². The normalized spacial score (nSPS) is 10.8. The van der Waals surface area contributed by atoms with E-state index in [0.717, 1.165) is 23.1 Å². The molecule has 1 aromatic heterocycles. The van der Waals surface area contributed by atoms with E-state index in [1.54, 1.807) is 20.3 Å². The summed E-state index contributed by atoms with van der Waals surface area (Å²) in [5, 5.41) is 9.38. The minimum Gasteiger partial charge on any atom is -0.497 e. The highest BCUT2D eigenvalue weighted by Gasteiger charge is 2.19.